The highest BCUT2D eigenvalue weighted by molar-refractivity contribution is 9.10. The Bertz CT molecular complexity index is 622. The summed E-state index contributed by atoms with van der Waals surface area (Å²) < 4.78 is 26.5. The summed E-state index contributed by atoms with van der Waals surface area (Å²) in [6, 6.07) is 1.38. The van der Waals surface area contributed by atoms with E-state index in [9.17, 15) is 13.2 Å². The first-order chi connectivity index (χ1) is 8.82. The summed E-state index contributed by atoms with van der Waals surface area (Å²) in [6.45, 7) is 0.423. The van der Waals surface area contributed by atoms with Crippen molar-refractivity contribution in [1.29, 1.82) is 0 Å². The molecule has 0 saturated carbocycles. The molecule has 1 fully saturated rings. The number of hydrogen-bond donors (Lipinski definition) is 0. The molecule has 0 aliphatic carbocycles. The number of carbonyl (C=O) groups is 1. The van der Waals surface area contributed by atoms with Gasteiger partial charge in [0.25, 0.3) is 0 Å². The number of pyridine rings is 1. The molecule has 1 aliphatic heterocycles. The third-order valence-electron chi connectivity index (χ3n) is 2.81. The van der Waals surface area contributed by atoms with Gasteiger partial charge in [0.15, 0.2) is 0 Å². The van der Waals surface area contributed by atoms with Gasteiger partial charge in [0.1, 0.15) is 10.0 Å². The van der Waals surface area contributed by atoms with Gasteiger partial charge in [-0.3, -0.25) is 4.79 Å². The lowest BCUT2D eigenvalue weighted by Gasteiger charge is -2.31. The van der Waals surface area contributed by atoms with Crippen LogP contribution in [-0.4, -0.2) is 55.2 Å². The van der Waals surface area contributed by atoms with Gasteiger partial charge in [0.05, 0.1) is 6.54 Å². The molecule has 1 aromatic heterocycles. The second-order valence-electron chi connectivity index (χ2n) is 4.10. The minimum atomic E-state index is -3.81. The summed E-state index contributed by atoms with van der Waals surface area (Å²) in [4.78, 5) is 16.8. The molecule has 104 valence electrons. The van der Waals surface area contributed by atoms with Crippen molar-refractivity contribution in [2.75, 3.05) is 26.7 Å². The summed E-state index contributed by atoms with van der Waals surface area (Å²) in [6.07, 6.45) is 1.41. The predicted molar refractivity (Wildman–Crippen MR) is 73.3 cm³/mol. The topological polar surface area (TPSA) is 70.6 Å². The molecule has 2 heterocycles. The van der Waals surface area contributed by atoms with E-state index in [-0.39, 0.29) is 29.0 Å². The zero-order valence-corrected chi connectivity index (χ0v) is 13.2. The molecular formula is C10H11BrClN3O3S. The molecule has 0 radical (unpaired) electrons. The van der Waals surface area contributed by atoms with E-state index < -0.39 is 10.0 Å². The molecule has 1 amide bonds. The number of sulfonamides is 1. The van der Waals surface area contributed by atoms with E-state index >= 15 is 0 Å². The van der Waals surface area contributed by atoms with Crippen LogP contribution in [-0.2, 0) is 14.8 Å². The fourth-order valence-electron chi connectivity index (χ4n) is 1.67. The Balaban J connectivity index is 2.37. The Kier molecular flexibility index (Phi) is 4.14. The fraction of sp³-hybridized carbons (Fsp3) is 0.400. The number of piperazine rings is 1. The lowest BCUT2D eigenvalue weighted by atomic mass is 10.4. The largest absolute Gasteiger partial charge is 0.343 e. The molecule has 0 bridgehead atoms. The lowest BCUT2D eigenvalue weighted by Crippen LogP contribution is -2.50. The Labute approximate surface area is 124 Å². The van der Waals surface area contributed by atoms with Crippen LogP contribution in [0, 0.1) is 0 Å². The van der Waals surface area contributed by atoms with Gasteiger partial charge in [-0.15, -0.1) is 0 Å². The molecule has 2 rings (SSSR count). The van der Waals surface area contributed by atoms with Gasteiger partial charge in [0.2, 0.25) is 15.9 Å². The van der Waals surface area contributed by atoms with Crippen LogP contribution in [0.1, 0.15) is 0 Å². The molecule has 0 unspecified atom stereocenters. The van der Waals surface area contributed by atoms with Gasteiger partial charge in [-0.1, -0.05) is 11.6 Å². The molecule has 19 heavy (non-hydrogen) atoms. The van der Waals surface area contributed by atoms with Crippen LogP contribution in [0.2, 0.25) is 5.15 Å². The number of nitrogens with zero attached hydrogens (tertiary/aromatic N) is 3. The van der Waals surface area contributed by atoms with E-state index in [0.717, 1.165) is 4.31 Å². The van der Waals surface area contributed by atoms with E-state index in [0.29, 0.717) is 11.0 Å². The average molecular weight is 369 g/mol. The standard InChI is InChI=1S/C10H11BrClN3O3S/c1-14-2-3-15(6-9(14)16)19(17,18)8-4-7(11)5-13-10(8)12/h4-5H,2-3,6H2,1H3. The van der Waals surface area contributed by atoms with Crippen molar-refractivity contribution in [3.63, 3.8) is 0 Å². The summed E-state index contributed by atoms with van der Waals surface area (Å²) in [7, 11) is -2.17. The Hall–Kier alpha value is -0.700. The molecule has 0 atom stereocenters. The fourth-order valence-corrected chi connectivity index (χ4v) is 3.97. The predicted octanol–water partition coefficient (Wildman–Crippen LogP) is 0.960. The Morgan fingerprint density at radius 3 is 2.74 bits per heavy atom. The molecule has 0 aromatic carbocycles. The SMILES string of the molecule is CN1CCN(S(=O)(=O)c2cc(Br)cnc2Cl)CC1=O. The smallest absolute Gasteiger partial charge is 0.246 e. The highest BCUT2D eigenvalue weighted by Crippen LogP contribution is 2.26. The second kappa shape index (κ2) is 5.35. The van der Waals surface area contributed by atoms with Crippen LogP contribution >= 0.6 is 27.5 Å². The first kappa shape index (κ1) is 14.7. The van der Waals surface area contributed by atoms with Gasteiger partial charge in [-0.2, -0.15) is 4.31 Å². The first-order valence-corrected chi connectivity index (χ1v) is 7.98. The van der Waals surface area contributed by atoms with Gasteiger partial charge in [0, 0.05) is 30.8 Å². The summed E-state index contributed by atoms with van der Waals surface area (Å²) in [5, 5.41) is -0.102. The third-order valence-corrected chi connectivity index (χ3v) is 5.52. The van der Waals surface area contributed by atoms with Crippen molar-refractivity contribution >= 4 is 43.5 Å². The van der Waals surface area contributed by atoms with E-state index in [2.05, 4.69) is 20.9 Å². The molecule has 0 spiro atoms. The van der Waals surface area contributed by atoms with Crippen LogP contribution in [0.25, 0.3) is 0 Å². The van der Waals surface area contributed by atoms with E-state index in [4.69, 9.17) is 11.6 Å². The zero-order chi connectivity index (χ0) is 14.2. The normalized spacial score (nSPS) is 17.8. The maximum atomic E-state index is 12.4. The molecule has 9 heteroatoms. The summed E-state index contributed by atoms with van der Waals surface area (Å²) in [5.74, 6) is -0.242. The number of likely N-dealkylation sites (N-methyl/N-ethyl adjacent to an activating group) is 1. The molecule has 6 nitrogen and oxygen atoms in total. The van der Waals surface area contributed by atoms with Crippen molar-refractivity contribution < 1.29 is 13.2 Å². The highest BCUT2D eigenvalue weighted by atomic mass is 79.9. The van der Waals surface area contributed by atoms with E-state index in [1.165, 1.54) is 17.2 Å². The number of rotatable bonds is 2. The van der Waals surface area contributed by atoms with Gasteiger partial charge < -0.3 is 4.90 Å². The summed E-state index contributed by atoms with van der Waals surface area (Å²) >= 11 is 8.99. The molecule has 1 saturated heterocycles. The van der Waals surface area contributed by atoms with Gasteiger partial charge in [-0.05, 0) is 22.0 Å². The number of halogens is 2. The average Bonchev–Trinajstić information content (AvgIpc) is 2.35. The van der Waals surface area contributed by atoms with Gasteiger partial charge in [-0.25, -0.2) is 13.4 Å². The second-order valence-corrected chi connectivity index (χ2v) is 7.28. The number of aromatic nitrogens is 1. The van der Waals surface area contributed by atoms with Gasteiger partial charge >= 0.3 is 0 Å². The van der Waals surface area contributed by atoms with E-state index in [1.54, 1.807) is 7.05 Å². The first-order valence-electron chi connectivity index (χ1n) is 5.37. The zero-order valence-electron chi connectivity index (χ0n) is 10.0. The maximum Gasteiger partial charge on any atom is 0.246 e. The van der Waals surface area contributed by atoms with Crippen LogP contribution in [0.15, 0.2) is 21.6 Å². The third kappa shape index (κ3) is 2.91. The Morgan fingerprint density at radius 1 is 1.42 bits per heavy atom. The van der Waals surface area contributed by atoms with Crippen molar-refractivity contribution in [2.24, 2.45) is 0 Å². The van der Waals surface area contributed by atoms with E-state index in [1.807, 2.05) is 0 Å². The Morgan fingerprint density at radius 2 is 2.11 bits per heavy atom. The van der Waals surface area contributed by atoms with Crippen molar-refractivity contribution in [3.8, 4) is 0 Å². The number of hydrogen-bond acceptors (Lipinski definition) is 4. The van der Waals surface area contributed by atoms with Crippen molar-refractivity contribution in [3.05, 3.63) is 21.9 Å². The molecule has 1 aromatic rings. The monoisotopic (exact) mass is 367 g/mol. The van der Waals surface area contributed by atoms with Crippen LogP contribution in [0.5, 0.6) is 0 Å². The van der Waals surface area contributed by atoms with Crippen LogP contribution in [0.3, 0.4) is 0 Å². The van der Waals surface area contributed by atoms with Crippen LogP contribution < -0.4 is 0 Å². The molecule has 1 aliphatic rings. The van der Waals surface area contributed by atoms with Crippen molar-refractivity contribution in [2.45, 2.75) is 4.90 Å². The minimum absolute atomic E-state index is 0.0964. The van der Waals surface area contributed by atoms with Crippen molar-refractivity contribution in [1.82, 2.24) is 14.2 Å². The summed E-state index contributed by atoms with van der Waals surface area (Å²) in [5.41, 5.74) is 0. The highest BCUT2D eigenvalue weighted by Gasteiger charge is 2.33. The number of carbonyl (C=O) groups excluding carboxylic acids is 1. The number of amides is 1. The lowest BCUT2D eigenvalue weighted by molar-refractivity contribution is -0.132. The molecular weight excluding hydrogens is 358 g/mol. The quantitative estimate of drug-likeness (QED) is 0.729. The minimum Gasteiger partial charge on any atom is -0.343 e. The van der Waals surface area contributed by atoms with Crippen LogP contribution in [0.4, 0.5) is 0 Å². The molecule has 0 N–H and O–H groups in total. The maximum absolute atomic E-state index is 12.4.